The van der Waals surface area contributed by atoms with Gasteiger partial charge in [-0.1, -0.05) is 13.3 Å². The van der Waals surface area contributed by atoms with E-state index in [4.69, 9.17) is 5.11 Å². The molecule has 1 fully saturated rings. The molecule has 2 N–H and O–H groups in total. The second-order valence-electron chi connectivity index (χ2n) is 2.89. The van der Waals surface area contributed by atoms with Gasteiger partial charge in [-0.05, 0) is 18.8 Å². The Morgan fingerprint density at radius 2 is 2.33 bits per heavy atom. The summed E-state index contributed by atoms with van der Waals surface area (Å²) in [4.78, 5) is 0. The first-order chi connectivity index (χ1) is 4.23. The van der Waals surface area contributed by atoms with Crippen LogP contribution in [0.5, 0.6) is 0 Å². The lowest BCUT2D eigenvalue weighted by Crippen LogP contribution is -2.12. The molecule has 2 nitrogen and oxygen atoms in total. The van der Waals surface area contributed by atoms with E-state index in [1.165, 1.54) is 0 Å². The van der Waals surface area contributed by atoms with Crippen molar-refractivity contribution in [3.63, 3.8) is 0 Å². The van der Waals surface area contributed by atoms with Crippen molar-refractivity contribution in [1.29, 1.82) is 0 Å². The normalized spacial score (nSPS) is 41.0. The molecule has 54 valence electrons. The second-order valence-corrected chi connectivity index (χ2v) is 2.89. The number of hydrogen-bond acceptors (Lipinski definition) is 2. The lowest BCUT2D eigenvalue weighted by molar-refractivity contribution is 0.0949. The van der Waals surface area contributed by atoms with Gasteiger partial charge in [0.05, 0.1) is 5.60 Å². The average molecular weight is 130 g/mol. The Morgan fingerprint density at radius 1 is 1.67 bits per heavy atom. The molecule has 0 aromatic carbocycles. The van der Waals surface area contributed by atoms with Crippen molar-refractivity contribution in [1.82, 2.24) is 0 Å². The van der Waals surface area contributed by atoms with Gasteiger partial charge in [0.15, 0.2) is 0 Å². The summed E-state index contributed by atoms with van der Waals surface area (Å²) in [6, 6.07) is 0. The largest absolute Gasteiger partial charge is 0.396 e. The predicted octanol–water partition coefficient (Wildman–Crippen LogP) is 0.530. The van der Waals surface area contributed by atoms with E-state index in [1.54, 1.807) is 0 Å². The average Bonchev–Trinajstić information content (AvgIpc) is 2.43. The first kappa shape index (κ1) is 7.03. The maximum absolute atomic E-state index is 9.43. The Morgan fingerprint density at radius 3 is 2.67 bits per heavy atom. The zero-order valence-corrected chi connectivity index (χ0v) is 5.80. The van der Waals surface area contributed by atoms with Crippen molar-refractivity contribution >= 4 is 0 Å². The van der Waals surface area contributed by atoms with Gasteiger partial charge in [0.25, 0.3) is 0 Å². The van der Waals surface area contributed by atoms with Crippen LogP contribution in [0.4, 0.5) is 0 Å². The first-order valence-corrected chi connectivity index (χ1v) is 3.56. The molecule has 2 heteroatoms. The fraction of sp³-hybridized carbons (Fsp3) is 1.00. The molecule has 1 aliphatic carbocycles. The maximum atomic E-state index is 9.43. The van der Waals surface area contributed by atoms with Gasteiger partial charge in [-0.15, -0.1) is 0 Å². The third kappa shape index (κ3) is 1.25. The molecule has 9 heavy (non-hydrogen) atoms. The van der Waals surface area contributed by atoms with Crippen LogP contribution >= 0.6 is 0 Å². The fourth-order valence-corrected chi connectivity index (χ4v) is 1.39. The summed E-state index contributed by atoms with van der Waals surface area (Å²) in [5, 5.41) is 17.9. The summed E-state index contributed by atoms with van der Waals surface area (Å²) >= 11 is 0. The van der Waals surface area contributed by atoms with Crippen molar-refractivity contribution < 1.29 is 10.2 Å². The molecular weight excluding hydrogens is 116 g/mol. The molecule has 0 aromatic rings. The Hall–Kier alpha value is -0.0800. The molecule has 0 spiro atoms. The van der Waals surface area contributed by atoms with E-state index < -0.39 is 5.60 Å². The summed E-state index contributed by atoms with van der Waals surface area (Å²) in [5.74, 6) is 0.463. The highest BCUT2D eigenvalue weighted by molar-refractivity contribution is 5.01. The lowest BCUT2D eigenvalue weighted by Gasteiger charge is -2.05. The highest BCUT2D eigenvalue weighted by Crippen LogP contribution is 2.47. The Kier molecular flexibility index (Phi) is 1.78. The Balaban J connectivity index is 2.25. The standard InChI is InChI=1S/C7H14O2/c1-2-6-5-7(6,9)3-4-8/h6,8-9H,2-5H2,1H3. The lowest BCUT2D eigenvalue weighted by atomic mass is 10.1. The van der Waals surface area contributed by atoms with Gasteiger partial charge in [-0.2, -0.15) is 0 Å². The first-order valence-electron chi connectivity index (χ1n) is 3.56. The summed E-state index contributed by atoms with van der Waals surface area (Å²) in [6.45, 7) is 2.19. The minimum atomic E-state index is -0.483. The van der Waals surface area contributed by atoms with Crippen molar-refractivity contribution in [2.75, 3.05) is 6.61 Å². The summed E-state index contributed by atoms with van der Waals surface area (Å²) < 4.78 is 0. The molecule has 2 unspecified atom stereocenters. The number of hydrogen-bond donors (Lipinski definition) is 2. The highest BCUT2D eigenvalue weighted by Gasteiger charge is 2.50. The van der Waals surface area contributed by atoms with E-state index >= 15 is 0 Å². The number of aliphatic hydroxyl groups excluding tert-OH is 1. The Labute approximate surface area is 55.5 Å². The molecule has 1 saturated carbocycles. The van der Waals surface area contributed by atoms with Crippen LogP contribution in [-0.2, 0) is 0 Å². The van der Waals surface area contributed by atoms with E-state index in [1.807, 2.05) is 0 Å². The van der Waals surface area contributed by atoms with Gasteiger partial charge < -0.3 is 10.2 Å². The molecule has 0 bridgehead atoms. The molecule has 2 atom stereocenters. The van der Waals surface area contributed by atoms with Crippen LogP contribution < -0.4 is 0 Å². The van der Waals surface area contributed by atoms with Crippen LogP contribution in [0, 0.1) is 5.92 Å². The minimum absolute atomic E-state index is 0.118. The van der Waals surface area contributed by atoms with E-state index in [0.29, 0.717) is 12.3 Å². The zero-order chi connectivity index (χ0) is 6.91. The quantitative estimate of drug-likeness (QED) is 0.585. The van der Waals surface area contributed by atoms with E-state index in [0.717, 1.165) is 12.8 Å². The van der Waals surface area contributed by atoms with Crippen LogP contribution in [0.2, 0.25) is 0 Å². The summed E-state index contributed by atoms with van der Waals surface area (Å²) in [6.07, 6.45) is 2.49. The third-order valence-corrected chi connectivity index (χ3v) is 2.24. The molecular formula is C7H14O2. The van der Waals surface area contributed by atoms with E-state index in [9.17, 15) is 5.11 Å². The van der Waals surface area contributed by atoms with Gasteiger partial charge in [0.2, 0.25) is 0 Å². The van der Waals surface area contributed by atoms with Crippen LogP contribution in [-0.4, -0.2) is 22.4 Å². The van der Waals surface area contributed by atoms with Crippen molar-refractivity contribution in [3.05, 3.63) is 0 Å². The van der Waals surface area contributed by atoms with Crippen molar-refractivity contribution in [2.24, 2.45) is 5.92 Å². The van der Waals surface area contributed by atoms with Crippen molar-refractivity contribution in [3.8, 4) is 0 Å². The SMILES string of the molecule is CCC1CC1(O)CCO. The van der Waals surface area contributed by atoms with E-state index in [-0.39, 0.29) is 6.61 Å². The Bertz CT molecular complexity index is 103. The molecule has 0 amide bonds. The highest BCUT2D eigenvalue weighted by atomic mass is 16.3. The maximum Gasteiger partial charge on any atom is 0.0702 e. The third-order valence-electron chi connectivity index (χ3n) is 2.24. The molecule has 0 saturated heterocycles. The minimum Gasteiger partial charge on any atom is -0.396 e. The van der Waals surface area contributed by atoms with Gasteiger partial charge in [0.1, 0.15) is 0 Å². The molecule has 0 aliphatic heterocycles. The monoisotopic (exact) mass is 130 g/mol. The van der Waals surface area contributed by atoms with Gasteiger partial charge in [0, 0.05) is 6.61 Å². The van der Waals surface area contributed by atoms with Crippen LogP contribution in [0.3, 0.4) is 0 Å². The van der Waals surface area contributed by atoms with Crippen LogP contribution in [0.1, 0.15) is 26.2 Å². The molecule has 0 aromatic heterocycles. The van der Waals surface area contributed by atoms with Crippen LogP contribution in [0.15, 0.2) is 0 Å². The topological polar surface area (TPSA) is 40.5 Å². The predicted molar refractivity (Wildman–Crippen MR) is 35.1 cm³/mol. The van der Waals surface area contributed by atoms with Gasteiger partial charge in [-0.25, -0.2) is 0 Å². The smallest absolute Gasteiger partial charge is 0.0702 e. The fourth-order valence-electron chi connectivity index (χ4n) is 1.39. The molecule has 0 radical (unpaired) electrons. The van der Waals surface area contributed by atoms with Crippen LogP contribution in [0.25, 0.3) is 0 Å². The molecule has 1 rings (SSSR count). The summed E-state index contributed by atoms with van der Waals surface area (Å²) in [5.41, 5.74) is -0.483. The second kappa shape index (κ2) is 2.27. The molecule has 0 heterocycles. The van der Waals surface area contributed by atoms with Crippen molar-refractivity contribution in [2.45, 2.75) is 31.8 Å². The van der Waals surface area contributed by atoms with E-state index in [2.05, 4.69) is 6.92 Å². The summed E-state index contributed by atoms with van der Waals surface area (Å²) in [7, 11) is 0. The molecule has 1 aliphatic rings. The van der Waals surface area contributed by atoms with Gasteiger partial charge >= 0.3 is 0 Å². The zero-order valence-electron chi connectivity index (χ0n) is 5.80. The number of rotatable bonds is 3. The number of aliphatic hydroxyl groups is 2. The van der Waals surface area contributed by atoms with Gasteiger partial charge in [-0.3, -0.25) is 0 Å².